The van der Waals surface area contributed by atoms with Gasteiger partial charge in [0.15, 0.2) is 6.61 Å². The molecular formula is C27H35N3O7. The van der Waals surface area contributed by atoms with E-state index in [0.29, 0.717) is 42.0 Å². The van der Waals surface area contributed by atoms with E-state index in [-0.39, 0.29) is 31.5 Å². The van der Waals surface area contributed by atoms with Crippen LogP contribution in [0.1, 0.15) is 48.8 Å². The van der Waals surface area contributed by atoms with Gasteiger partial charge in [0.2, 0.25) is 11.8 Å². The van der Waals surface area contributed by atoms with E-state index in [0.717, 1.165) is 36.6 Å². The number of carbonyl (C=O) groups excluding carboxylic acids is 3. The largest absolute Gasteiger partial charge is 0.483 e. The lowest BCUT2D eigenvalue weighted by molar-refractivity contribution is -0.143. The molecule has 37 heavy (non-hydrogen) atoms. The third-order valence-electron chi connectivity index (χ3n) is 7.85. The van der Waals surface area contributed by atoms with Gasteiger partial charge in [-0.05, 0) is 57.7 Å². The van der Waals surface area contributed by atoms with E-state index < -0.39 is 23.0 Å². The zero-order chi connectivity index (χ0) is 26.7. The van der Waals surface area contributed by atoms with Gasteiger partial charge in [-0.1, -0.05) is 12.8 Å². The minimum absolute atomic E-state index is 0.0874. The Balaban J connectivity index is 1.21. The summed E-state index contributed by atoms with van der Waals surface area (Å²) in [4.78, 5) is 50.7. The third kappa shape index (κ3) is 5.79. The molecule has 0 bridgehead atoms. The Morgan fingerprint density at radius 2 is 1.81 bits per heavy atom. The maximum absolute atomic E-state index is 12.6. The highest BCUT2D eigenvalue weighted by Crippen LogP contribution is 2.39. The van der Waals surface area contributed by atoms with Crippen molar-refractivity contribution in [3.05, 3.63) is 39.2 Å². The second-order valence-corrected chi connectivity index (χ2v) is 10.2. The van der Waals surface area contributed by atoms with Crippen molar-refractivity contribution in [3.63, 3.8) is 0 Å². The van der Waals surface area contributed by atoms with E-state index >= 15 is 0 Å². The number of fused-ring (bicyclic) bond motifs is 2. The first-order chi connectivity index (χ1) is 17.6. The Morgan fingerprint density at radius 3 is 2.59 bits per heavy atom. The van der Waals surface area contributed by atoms with Crippen molar-refractivity contribution in [2.24, 2.45) is 5.92 Å². The van der Waals surface area contributed by atoms with Gasteiger partial charge in [0.05, 0.1) is 18.7 Å². The predicted molar refractivity (Wildman–Crippen MR) is 136 cm³/mol. The van der Waals surface area contributed by atoms with Crippen molar-refractivity contribution in [1.82, 2.24) is 15.5 Å². The van der Waals surface area contributed by atoms with Crippen LogP contribution in [-0.4, -0.2) is 66.1 Å². The number of piperidine rings is 1. The summed E-state index contributed by atoms with van der Waals surface area (Å²) in [7, 11) is 0. The van der Waals surface area contributed by atoms with Crippen LogP contribution in [-0.2, 0) is 14.4 Å². The first-order valence-corrected chi connectivity index (χ1v) is 12.8. The van der Waals surface area contributed by atoms with Gasteiger partial charge in [0, 0.05) is 35.5 Å². The molecule has 2 aliphatic rings. The number of ether oxygens (including phenoxy) is 1. The fraction of sp³-hybridized carbons (Fsp3) is 0.556. The summed E-state index contributed by atoms with van der Waals surface area (Å²) in [5.74, 6) is -0.697. The maximum Gasteiger partial charge on any atom is 0.339 e. The van der Waals surface area contributed by atoms with Crippen LogP contribution in [0.3, 0.4) is 0 Å². The Hall–Kier alpha value is -3.40. The van der Waals surface area contributed by atoms with E-state index in [1.807, 2.05) is 6.92 Å². The highest BCUT2D eigenvalue weighted by atomic mass is 16.5. The molecule has 10 nitrogen and oxygen atoms in total. The van der Waals surface area contributed by atoms with Crippen LogP contribution in [0, 0.1) is 26.7 Å². The van der Waals surface area contributed by atoms with E-state index in [1.165, 1.54) is 0 Å². The molecule has 0 radical (unpaired) electrons. The summed E-state index contributed by atoms with van der Waals surface area (Å²) in [5.41, 5.74) is 1.32. The summed E-state index contributed by atoms with van der Waals surface area (Å²) < 4.78 is 11.0. The number of aliphatic hydroxyl groups is 1. The van der Waals surface area contributed by atoms with Gasteiger partial charge in [0.25, 0.3) is 5.91 Å². The van der Waals surface area contributed by atoms with Crippen molar-refractivity contribution in [1.29, 1.82) is 0 Å². The van der Waals surface area contributed by atoms with E-state index in [4.69, 9.17) is 9.15 Å². The highest BCUT2D eigenvalue weighted by molar-refractivity contribution is 5.89. The SMILES string of the molecule is Cc1c(C)c2ccc(OCC(=O)NCC(=O)NCC(=O)N3CCC4(O)CCCCC4C3)c(C)c2oc1=O. The van der Waals surface area contributed by atoms with Crippen LogP contribution in [0.4, 0.5) is 0 Å². The fourth-order valence-electron chi connectivity index (χ4n) is 5.30. The van der Waals surface area contributed by atoms with Gasteiger partial charge in [-0.2, -0.15) is 0 Å². The summed E-state index contributed by atoms with van der Waals surface area (Å²) >= 11 is 0. The number of hydrogen-bond donors (Lipinski definition) is 3. The molecule has 2 unspecified atom stereocenters. The van der Waals surface area contributed by atoms with Gasteiger partial charge in [-0.25, -0.2) is 4.79 Å². The Labute approximate surface area is 215 Å². The Bertz CT molecular complexity index is 1270. The van der Waals surface area contributed by atoms with Gasteiger partial charge < -0.3 is 29.8 Å². The molecule has 10 heteroatoms. The predicted octanol–water partition coefficient (Wildman–Crippen LogP) is 1.48. The van der Waals surface area contributed by atoms with Gasteiger partial charge in [-0.15, -0.1) is 0 Å². The third-order valence-corrected chi connectivity index (χ3v) is 7.85. The lowest BCUT2D eigenvalue weighted by atomic mass is 9.71. The molecule has 3 amide bonds. The molecule has 2 aromatic rings. The number of nitrogens with zero attached hydrogens (tertiary/aromatic N) is 1. The molecule has 4 rings (SSSR count). The standard InChI is InChI=1S/C27H35N3O7/c1-16-17(2)26(34)37-25-18(3)21(8-7-20(16)25)36-15-23(32)28-12-22(31)29-13-24(33)30-11-10-27(35)9-5-4-6-19(27)14-30/h7-8,19,35H,4-6,9-15H2,1-3H3,(H,28,32)(H,29,31). The van der Waals surface area contributed by atoms with Crippen LogP contribution in [0.5, 0.6) is 5.75 Å². The molecule has 1 aromatic heterocycles. The molecule has 1 aliphatic carbocycles. The zero-order valence-corrected chi connectivity index (χ0v) is 21.6. The number of nitrogens with one attached hydrogen (secondary N) is 2. The molecular weight excluding hydrogens is 478 g/mol. The van der Waals surface area contributed by atoms with Crippen LogP contribution in [0.15, 0.2) is 21.3 Å². The molecule has 3 N–H and O–H groups in total. The van der Waals surface area contributed by atoms with E-state index in [9.17, 15) is 24.3 Å². The molecule has 1 aromatic carbocycles. The minimum Gasteiger partial charge on any atom is -0.483 e. The number of hydrogen-bond acceptors (Lipinski definition) is 7. The number of benzene rings is 1. The lowest BCUT2D eigenvalue weighted by Gasteiger charge is -2.47. The van der Waals surface area contributed by atoms with Gasteiger partial charge in [-0.3, -0.25) is 14.4 Å². The smallest absolute Gasteiger partial charge is 0.339 e. The van der Waals surface area contributed by atoms with Crippen molar-refractivity contribution in [2.45, 2.75) is 58.5 Å². The minimum atomic E-state index is -0.665. The number of likely N-dealkylation sites (tertiary alicyclic amines) is 1. The van der Waals surface area contributed by atoms with Crippen molar-refractivity contribution in [3.8, 4) is 5.75 Å². The molecule has 1 saturated carbocycles. The molecule has 2 heterocycles. The lowest BCUT2D eigenvalue weighted by Crippen LogP contribution is -2.56. The number of carbonyl (C=O) groups is 3. The molecule has 2 atom stereocenters. The molecule has 0 spiro atoms. The van der Waals surface area contributed by atoms with Crippen molar-refractivity contribution in [2.75, 3.05) is 32.8 Å². The van der Waals surface area contributed by atoms with Crippen LogP contribution < -0.4 is 21.0 Å². The average molecular weight is 514 g/mol. The summed E-state index contributed by atoms with van der Waals surface area (Å²) in [5, 5.41) is 16.6. The topological polar surface area (TPSA) is 138 Å². The quantitative estimate of drug-likeness (QED) is 0.477. The zero-order valence-electron chi connectivity index (χ0n) is 21.6. The average Bonchev–Trinajstić information content (AvgIpc) is 2.88. The summed E-state index contributed by atoms with van der Waals surface area (Å²) in [6, 6.07) is 3.49. The maximum atomic E-state index is 12.6. The van der Waals surface area contributed by atoms with Crippen LogP contribution >= 0.6 is 0 Å². The summed E-state index contributed by atoms with van der Waals surface area (Å²) in [6.07, 6.45) is 4.34. The Kier molecular flexibility index (Phi) is 7.87. The number of rotatable bonds is 7. The fourth-order valence-corrected chi connectivity index (χ4v) is 5.30. The van der Waals surface area contributed by atoms with Crippen molar-refractivity contribution >= 4 is 28.7 Å². The van der Waals surface area contributed by atoms with E-state index in [2.05, 4.69) is 10.6 Å². The van der Waals surface area contributed by atoms with Crippen LogP contribution in [0.25, 0.3) is 11.0 Å². The normalized spacial score (nSPS) is 21.3. The molecule has 1 aliphatic heterocycles. The monoisotopic (exact) mass is 513 g/mol. The first kappa shape index (κ1) is 26.7. The van der Waals surface area contributed by atoms with Gasteiger partial charge >= 0.3 is 5.63 Å². The van der Waals surface area contributed by atoms with Gasteiger partial charge in [0.1, 0.15) is 11.3 Å². The number of aryl methyl sites for hydroxylation is 2. The van der Waals surface area contributed by atoms with E-state index in [1.54, 1.807) is 30.9 Å². The first-order valence-electron chi connectivity index (χ1n) is 12.8. The summed E-state index contributed by atoms with van der Waals surface area (Å²) in [6.45, 7) is 5.52. The molecule has 2 fully saturated rings. The second-order valence-electron chi connectivity index (χ2n) is 10.2. The highest BCUT2D eigenvalue weighted by Gasteiger charge is 2.43. The van der Waals surface area contributed by atoms with Crippen molar-refractivity contribution < 1.29 is 28.6 Å². The molecule has 200 valence electrons. The second kappa shape index (κ2) is 10.9. The Morgan fingerprint density at radius 1 is 1.05 bits per heavy atom. The van der Waals surface area contributed by atoms with Crippen LogP contribution in [0.2, 0.25) is 0 Å². The molecule has 1 saturated heterocycles. The number of amides is 3.